The van der Waals surface area contributed by atoms with E-state index in [9.17, 15) is 8.78 Å². The number of nitrogens with zero attached hydrogens (tertiary/aromatic N) is 3. The van der Waals surface area contributed by atoms with Gasteiger partial charge in [0.1, 0.15) is 17.3 Å². The van der Waals surface area contributed by atoms with Gasteiger partial charge < -0.3 is 14.8 Å². The quantitative estimate of drug-likeness (QED) is 0.379. The Bertz CT molecular complexity index is 1310. The molecule has 1 aliphatic heterocycles. The maximum Gasteiger partial charge on any atom is 0.223 e. The number of hydrogen-bond donors (Lipinski definition) is 2. The van der Waals surface area contributed by atoms with E-state index in [4.69, 9.17) is 21.1 Å². The van der Waals surface area contributed by atoms with Crippen molar-refractivity contribution < 1.29 is 18.3 Å². The number of aromatic amines is 1. The fourth-order valence-electron chi connectivity index (χ4n) is 3.88. The zero-order chi connectivity index (χ0) is 23.5. The van der Waals surface area contributed by atoms with E-state index in [0.717, 1.165) is 42.7 Å². The summed E-state index contributed by atoms with van der Waals surface area (Å²) in [6.07, 6.45) is 0. The minimum Gasteiger partial charge on any atom is -0.436 e. The molecule has 0 unspecified atom stereocenters. The van der Waals surface area contributed by atoms with Crippen LogP contribution in [0.25, 0.3) is 22.2 Å². The fraction of sp³-hybridized carbons (Fsp3) is 0.250. The van der Waals surface area contributed by atoms with E-state index < -0.39 is 11.6 Å². The molecule has 1 aliphatic rings. The summed E-state index contributed by atoms with van der Waals surface area (Å²) in [6.45, 7) is 4.58. The summed E-state index contributed by atoms with van der Waals surface area (Å²) in [5.74, 6) is -0.965. The highest BCUT2D eigenvalue weighted by molar-refractivity contribution is 6.33. The molecule has 2 N–H and O–H groups in total. The first-order valence-corrected chi connectivity index (χ1v) is 11.3. The molecule has 0 aliphatic carbocycles. The van der Waals surface area contributed by atoms with Gasteiger partial charge in [0, 0.05) is 43.9 Å². The van der Waals surface area contributed by atoms with E-state index in [1.54, 1.807) is 12.1 Å². The number of morpholine rings is 1. The Labute approximate surface area is 199 Å². The van der Waals surface area contributed by atoms with Gasteiger partial charge in [0.05, 0.1) is 29.1 Å². The lowest BCUT2D eigenvalue weighted by Crippen LogP contribution is -2.39. The molecule has 34 heavy (non-hydrogen) atoms. The number of nitrogens with one attached hydrogen (secondary N) is 2. The van der Waals surface area contributed by atoms with Gasteiger partial charge in [0.25, 0.3) is 0 Å². The van der Waals surface area contributed by atoms with Crippen LogP contribution in [0.2, 0.25) is 5.02 Å². The highest BCUT2D eigenvalue weighted by atomic mass is 35.5. The lowest BCUT2D eigenvalue weighted by molar-refractivity contribution is 0.0398. The van der Waals surface area contributed by atoms with E-state index in [0.29, 0.717) is 41.8 Å². The van der Waals surface area contributed by atoms with Crippen LogP contribution in [0.3, 0.4) is 0 Å². The van der Waals surface area contributed by atoms with Gasteiger partial charge in [0.15, 0.2) is 11.6 Å². The van der Waals surface area contributed by atoms with Crippen molar-refractivity contribution in [1.82, 2.24) is 20.1 Å². The first-order valence-electron chi connectivity index (χ1n) is 10.9. The smallest absolute Gasteiger partial charge is 0.223 e. The maximum atomic E-state index is 14.2. The summed E-state index contributed by atoms with van der Waals surface area (Å²) in [5, 5.41) is 12.1. The van der Waals surface area contributed by atoms with Crippen molar-refractivity contribution in [1.29, 1.82) is 0 Å². The minimum atomic E-state index is -0.815. The van der Waals surface area contributed by atoms with Gasteiger partial charge >= 0.3 is 0 Å². The molecule has 10 heteroatoms. The molecule has 0 amide bonds. The number of halogens is 3. The highest BCUT2D eigenvalue weighted by Gasteiger charge is 2.19. The molecule has 0 bridgehead atoms. The van der Waals surface area contributed by atoms with Gasteiger partial charge in [-0.2, -0.15) is 10.1 Å². The predicted octanol–water partition coefficient (Wildman–Crippen LogP) is 5.09. The lowest BCUT2D eigenvalue weighted by atomic mass is 10.1. The van der Waals surface area contributed by atoms with Gasteiger partial charge in [-0.25, -0.2) is 8.78 Å². The molecular formula is C24H22ClF2N5O2. The molecule has 1 fully saturated rings. The Kier molecular flexibility index (Phi) is 6.57. The Hall–Kier alpha value is -3.27. The average Bonchev–Trinajstić information content (AvgIpc) is 3.26. The number of hydrogen-bond acceptors (Lipinski definition) is 6. The van der Waals surface area contributed by atoms with Crippen LogP contribution in [-0.2, 0) is 4.74 Å². The molecule has 0 spiro atoms. The summed E-state index contributed by atoms with van der Waals surface area (Å²) < 4.78 is 38.5. The standard InChI is InChI=1S/C24H22ClF2N5O2/c25-17-4-2-1-3-16(17)23-22-19(30-31-23)14-21(34-20-6-5-15(26)13-18(20)27)29-24(22)28-7-8-32-9-11-33-12-10-32/h1-6,13-14H,7-12H2,(H,28,29)(H,30,31). The number of rotatable bonds is 7. The van der Waals surface area contributed by atoms with Crippen molar-refractivity contribution in [2.24, 2.45) is 0 Å². The van der Waals surface area contributed by atoms with Crippen LogP contribution in [0.4, 0.5) is 14.6 Å². The number of aromatic nitrogens is 3. The normalized spacial score (nSPS) is 14.4. The van der Waals surface area contributed by atoms with Gasteiger partial charge in [-0.3, -0.25) is 10.00 Å². The third-order valence-electron chi connectivity index (χ3n) is 5.58. The SMILES string of the molecule is Fc1ccc(Oc2cc3[nH]nc(-c4ccccc4Cl)c3c(NCCN3CCOCC3)n2)c(F)c1. The number of fused-ring (bicyclic) bond motifs is 1. The zero-order valence-corrected chi connectivity index (χ0v) is 18.9. The second-order valence-corrected chi connectivity index (χ2v) is 8.25. The van der Waals surface area contributed by atoms with Crippen molar-refractivity contribution in [3.63, 3.8) is 0 Å². The number of pyridine rings is 1. The topological polar surface area (TPSA) is 75.3 Å². The van der Waals surface area contributed by atoms with E-state index in [1.165, 1.54) is 6.07 Å². The number of H-pyrrole nitrogens is 1. The zero-order valence-electron chi connectivity index (χ0n) is 18.2. The predicted molar refractivity (Wildman–Crippen MR) is 127 cm³/mol. The van der Waals surface area contributed by atoms with Crippen molar-refractivity contribution in [2.45, 2.75) is 0 Å². The van der Waals surface area contributed by atoms with Crippen LogP contribution in [0.5, 0.6) is 11.6 Å². The van der Waals surface area contributed by atoms with Crippen LogP contribution >= 0.6 is 11.6 Å². The molecule has 0 atom stereocenters. The summed E-state index contributed by atoms with van der Waals surface area (Å²) >= 11 is 6.43. The van der Waals surface area contributed by atoms with Gasteiger partial charge in [0.2, 0.25) is 5.88 Å². The molecule has 7 nitrogen and oxygen atoms in total. The number of benzene rings is 2. The molecule has 1 saturated heterocycles. The number of anilines is 1. The summed E-state index contributed by atoms with van der Waals surface area (Å²) in [7, 11) is 0. The molecule has 0 radical (unpaired) electrons. The first kappa shape index (κ1) is 22.5. The van der Waals surface area contributed by atoms with Gasteiger partial charge in [-0.15, -0.1) is 0 Å². The van der Waals surface area contributed by atoms with E-state index >= 15 is 0 Å². The van der Waals surface area contributed by atoms with Crippen LogP contribution in [0.1, 0.15) is 0 Å². The van der Waals surface area contributed by atoms with Crippen LogP contribution in [0.15, 0.2) is 48.5 Å². The first-order chi connectivity index (χ1) is 16.6. The Balaban J connectivity index is 1.50. The van der Waals surface area contributed by atoms with Crippen LogP contribution < -0.4 is 10.1 Å². The van der Waals surface area contributed by atoms with E-state index in [-0.39, 0.29) is 11.6 Å². The monoisotopic (exact) mass is 485 g/mol. The molecule has 2 aromatic carbocycles. The second-order valence-electron chi connectivity index (χ2n) is 7.84. The molecule has 4 aromatic rings. The Morgan fingerprint density at radius 2 is 1.94 bits per heavy atom. The molecule has 176 valence electrons. The second kappa shape index (κ2) is 9.92. The summed E-state index contributed by atoms with van der Waals surface area (Å²) in [4.78, 5) is 6.89. The largest absolute Gasteiger partial charge is 0.436 e. The lowest BCUT2D eigenvalue weighted by Gasteiger charge is -2.26. The van der Waals surface area contributed by atoms with Crippen molar-refractivity contribution in [2.75, 3.05) is 44.7 Å². The highest BCUT2D eigenvalue weighted by Crippen LogP contribution is 2.37. The maximum absolute atomic E-state index is 14.2. The molecular weight excluding hydrogens is 464 g/mol. The Morgan fingerprint density at radius 3 is 2.74 bits per heavy atom. The van der Waals surface area contributed by atoms with Gasteiger partial charge in [-0.1, -0.05) is 29.8 Å². The van der Waals surface area contributed by atoms with E-state index in [2.05, 4.69) is 25.4 Å². The third-order valence-corrected chi connectivity index (χ3v) is 5.91. The van der Waals surface area contributed by atoms with Crippen LogP contribution in [0, 0.1) is 11.6 Å². The fourth-order valence-corrected chi connectivity index (χ4v) is 4.10. The summed E-state index contributed by atoms with van der Waals surface area (Å²) in [6, 6.07) is 12.2. The average molecular weight is 486 g/mol. The molecule has 2 aromatic heterocycles. The Morgan fingerprint density at radius 1 is 1.12 bits per heavy atom. The van der Waals surface area contributed by atoms with Crippen molar-refractivity contribution >= 4 is 28.3 Å². The minimum absolute atomic E-state index is 0.127. The van der Waals surface area contributed by atoms with E-state index in [1.807, 2.05) is 18.2 Å². The summed E-state index contributed by atoms with van der Waals surface area (Å²) in [5.41, 5.74) is 2.03. The van der Waals surface area contributed by atoms with Gasteiger partial charge in [-0.05, 0) is 18.2 Å². The van der Waals surface area contributed by atoms with Crippen LogP contribution in [-0.4, -0.2) is 59.5 Å². The van der Waals surface area contributed by atoms with Crippen molar-refractivity contribution in [3.05, 3.63) is 65.2 Å². The third kappa shape index (κ3) is 4.82. The molecule has 5 rings (SSSR count). The molecule has 3 heterocycles. The number of ether oxygens (including phenoxy) is 2. The molecule has 0 saturated carbocycles. The van der Waals surface area contributed by atoms with Crippen molar-refractivity contribution in [3.8, 4) is 22.9 Å².